The molecular formula is C9H11ClO. The normalized spacial score (nSPS) is 16.0. The Kier molecular flexibility index (Phi) is 2.21. The van der Waals surface area contributed by atoms with Crippen molar-refractivity contribution in [2.45, 2.75) is 18.9 Å². The van der Waals surface area contributed by atoms with Gasteiger partial charge in [0.15, 0.2) is 5.06 Å². The summed E-state index contributed by atoms with van der Waals surface area (Å²) in [5, 5.41) is 8.19. The first-order chi connectivity index (χ1) is 5.02. The van der Waals surface area contributed by atoms with Crippen LogP contribution in [0.3, 0.4) is 0 Å². The van der Waals surface area contributed by atoms with Crippen LogP contribution in [0, 0.1) is 6.92 Å². The molecule has 0 aliphatic rings. The summed E-state index contributed by atoms with van der Waals surface area (Å²) in [4.78, 5) is 0. The fourth-order valence-electron chi connectivity index (χ4n) is 1.08. The highest BCUT2D eigenvalue weighted by molar-refractivity contribution is 6.22. The number of hydrogen-bond donors (Lipinski definition) is 1. The molecule has 11 heavy (non-hydrogen) atoms. The maximum Gasteiger partial charge on any atom is 0.161 e. The lowest BCUT2D eigenvalue weighted by Gasteiger charge is -2.16. The molecule has 0 radical (unpaired) electrons. The number of halogens is 1. The van der Waals surface area contributed by atoms with Crippen molar-refractivity contribution in [1.82, 2.24) is 0 Å². The molecular weight excluding hydrogens is 160 g/mol. The molecule has 2 heteroatoms. The molecule has 1 nitrogen and oxygen atoms in total. The van der Waals surface area contributed by atoms with E-state index in [4.69, 9.17) is 11.6 Å². The largest absolute Gasteiger partial charge is 0.371 e. The molecule has 1 aromatic carbocycles. The SMILES string of the molecule is Cc1ccccc1C(C)(O)Cl. The topological polar surface area (TPSA) is 20.2 Å². The highest BCUT2D eigenvalue weighted by atomic mass is 35.5. The molecule has 0 bridgehead atoms. The lowest BCUT2D eigenvalue weighted by Crippen LogP contribution is -2.13. The van der Waals surface area contributed by atoms with Gasteiger partial charge in [0.25, 0.3) is 0 Å². The molecule has 0 aromatic heterocycles. The Morgan fingerprint density at radius 1 is 1.36 bits per heavy atom. The monoisotopic (exact) mass is 170 g/mol. The van der Waals surface area contributed by atoms with E-state index in [1.54, 1.807) is 6.92 Å². The Morgan fingerprint density at radius 3 is 2.27 bits per heavy atom. The molecule has 0 aliphatic carbocycles. The van der Waals surface area contributed by atoms with Crippen molar-refractivity contribution in [1.29, 1.82) is 0 Å². The first-order valence-electron chi connectivity index (χ1n) is 3.49. The standard InChI is InChI=1S/C9H11ClO/c1-7-5-3-4-6-8(7)9(2,10)11/h3-6,11H,1-2H3. The van der Waals surface area contributed by atoms with Crippen LogP contribution in [0.1, 0.15) is 18.1 Å². The van der Waals surface area contributed by atoms with Gasteiger partial charge in [0, 0.05) is 5.56 Å². The van der Waals surface area contributed by atoms with Crippen molar-refractivity contribution in [2.24, 2.45) is 0 Å². The molecule has 0 heterocycles. The van der Waals surface area contributed by atoms with Crippen LogP contribution in [-0.4, -0.2) is 5.11 Å². The van der Waals surface area contributed by atoms with Gasteiger partial charge < -0.3 is 5.11 Å². The third-order valence-corrected chi connectivity index (χ3v) is 1.84. The summed E-state index contributed by atoms with van der Waals surface area (Å²) in [5.41, 5.74) is 1.77. The van der Waals surface area contributed by atoms with Gasteiger partial charge in [-0.25, -0.2) is 0 Å². The lowest BCUT2D eigenvalue weighted by atomic mass is 10.0. The number of aryl methyl sites for hydroxylation is 1. The zero-order valence-corrected chi connectivity index (χ0v) is 7.39. The van der Waals surface area contributed by atoms with Crippen molar-refractivity contribution in [3.05, 3.63) is 35.4 Å². The van der Waals surface area contributed by atoms with Crippen LogP contribution < -0.4 is 0 Å². The Balaban J connectivity index is 3.14. The number of aliphatic hydroxyl groups is 1. The lowest BCUT2D eigenvalue weighted by molar-refractivity contribution is 0.149. The fraction of sp³-hybridized carbons (Fsp3) is 0.333. The van der Waals surface area contributed by atoms with E-state index in [1.165, 1.54) is 0 Å². The van der Waals surface area contributed by atoms with E-state index in [9.17, 15) is 5.11 Å². The summed E-state index contributed by atoms with van der Waals surface area (Å²) in [6.45, 7) is 3.49. The average molecular weight is 171 g/mol. The molecule has 0 fully saturated rings. The van der Waals surface area contributed by atoms with Crippen molar-refractivity contribution < 1.29 is 5.11 Å². The van der Waals surface area contributed by atoms with E-state index >= 15 is 0 Å². The number of alkyl halides is 1. The van der Waals surface area contributed by atoms with Crippen LogP contribution in [0.4, 0.5) is 0 Å². The van der Waals surface area contributed by atoms with Crippen molar-refractivity contribution >= 4 is 11.6 Å². The van der Waals surface area contributed by atoms with Crippen LogP contribution in [0.2, 0.25) is 0 Å². The van der Waals surface area contributed by atoms with Gasteiger partial charge in [-0.3, -0.25) is 0 Å². The average Bonchev–Trinajstić information content (AvgIpc) is 1.86. The van der Waals surface area contributed by atoms with Gasteiger partial charge in [-0.1, -0.05) is 35.9 Å². The first kappa shape index (κ1) is 8.57. The fourth-order valence-corrected chi connectivity index (χ4v) is 1.30. The van der Waals surface area contributed by atoms with Gasteiger partial charge in [0.2, 0.25) is 0 Å². The smallest absolute Gasteiger partial charge is 0.161 e. The quantitative estimate of drug-likeness (QED) is 0.642. The van der Waals surface area contributed by atoms with E-state index in [2.05, 4.69) is 0 Å². The van der Waals surface area contributed by atoms with E-state index in [0.29, 0.717) is 0 Å². The van der Waals surface area contributed by atoms with Crippen molar-refractivity contribution in [2.75, 3.05) is 0 Å². The second-order valence-corrected chi connectivity index (χ2v) is 3.50. The molecule has 0 spiro atoms. The zero-order chi connectivity index (χ0) is 8.48. The molecule has 0 aliphatic heterocycles. The third-order valence-electron chi connectivity index (χ3n) is 1.64. The molecule has 1 atom stereocenters. The minimum atomic E-state index is -1.24. The van der Waals surface area contributed by atoms with Gasteiger partial charge in [0.1, 0.15) is 0 Å². The second kappa shape index (κ2) is 2.84. The van der Waals surface area contributed by atoms with E-state index in [0.717, 1.165) is 11.1 Å². The van der Waals surface area contributed by atoms with Gasteiger partial charge in [0.05, 0.1) is 0 Å². The zero-order valence-electron chi connectivity index (χ0n) is 6.63. The Hall–Kier alpha value is -0.530. The Morgan fingerprint density at radius 2 is 1.91 bits per heavy atom. The van der Waals surface area contributed by atoms with Crippen LogP contribution in [0.15, 0.2) is 24.3 Å². The molecule has 0 saturated heterocycles. The summed E-state index contributed by atoms with van der Waals surface area (Å²) in [5.74, 6) is 0. The predicted octanol–water partition coefficient (Wildman–Crippen LogP) is 2.40. The van der Waals surface area contributed by atoms with Crippen LogP contribution in [0.25, 0.3) is 0 Å². The van der Waals surface area contributed by atoms with Crippen LogP contribution >= 0.6 is 11.6 Å². The number of benzene rings is 1. The highest BCUT2D eigenvalue weighted by Gasteiger charge is 2.19. The molecule has 1 rings (SSSR count). The minimum absolute atomic E-state index is 0.765. The molecule has 1 unspecified atom stereocenters. The second-order valence-electron chi connectivity index (χ2n) is 2.77. The van der Waals surface area contributed by atoms with Gasteiger partial charge >= 0.3 is 0 Å². The van der Waals surface area contributed by atoms with E-state index < -0.39 is 5.06 Å². The molecule has 0 saturated carbocycles. The highest BCUT2D eigenvalue weighted by Crippen LogP contribution is 2.27. The van der Waals surface area contributed by atoms with Crippen molar-refractivity contribution in [3.8, 4) is 0 Å². The van der Waals surface area contributed by atoms with E-state index in [-0.39, 0.29) is 0 Å². The number of hydrogen-bond acceptors (Lipinski definition) is 1. The third kappa shape index (κ3) is 1.95. The summed E-state index contributed by atoms with van der Waals surface area (Å²) in [6, 6.07) is 7.52. The summed E-state index contributed by atoms with van der Waals surface area (Å²) in [6.07, 6.45) is 0. The van der Waals surface area contributed by atoms with Crippen molar-refractivity contribution in [3.63, 3.8) is 0 Å². The first-order valence-corrected chi connectivity index (χ1v) is 3.87. The molecule has 1 aromatic rings. The van der Waals surface area contributed by atoms with Gasteiger partial charge in [-0.05, 0) is 19.4 Å². The molecule has 60 valence electrons. The summed E-state index contributed by atoms with van der Waals surface area (Å²) < 4.78 is 0. The Bertz CT molecular complexity index is 250. The Labute approximate surface area is 71.6 Å². The predicted molar refractivity (Wildman–Crippen MR) is 46.6 cm³/mol. The van der Waals surface area contributed by atoms with Crippen LogP contribution in [0.5, 0.6) is 0 Å². The minimum Gasteiger partial charge on any atom is -0.371 e. The molecule has 1 N–H and O–H groups in total. The van der Waals surface area contributed by atoms with Gasteiger partial charge in [-0.2, -0.15) is 0 Å². The molecule has 0 amide bonds. The van der Waals surface area contributed by atoms with E-state index in [1.807, 2.05) is 31.2 Å². The summed E-state index contributed by atoms with van der Waals surface area (Å²) in [7, 11) is 0. The maximum atomic E-state index is 9.44. The maximum absolute atomic E-state index is 9.44. The number of rotatable bonds is 1. The van der Waals surface area contributed by atoms with Crippen LogP contribution in [-0.2, 0) is 5.06 Å². The summed E-state index contributed by atoms with van der Waals surface area (Å²) >= 11 is 5.72. The van der Waals surface area contributed by atoms with Gasteiger partial charge in [-0.15, -0.1) is 0 Å².